The molecule has 50 heavy (non-hydrogen) atoms. The highest BCUT2D eigenvalue weighted by Crippen LogP contribution is 2.41. The number of carbonyl (C=O) groups is 4. The maximum Gasteiger partial charge on any atom is 0.326 e. The lowest BCUT2D eigenvalue weighted by atomic mass is 9.87. The summed E-state index contributed by atoms with van der Waals surface area (Å²) < 4.78 is 0. The number of H-pyrrole nitrogens is 2. The molecule has 12 nitrogen and oxygen atoms in total. The van der Waals surface area contributed by atoms with Gasteiger partial charge in [-0.25, -0.2) is 9.78 Å². The number of hydrogen-bond acceptors (Lipinski definition) is 6. The molecule has 2 aliphatic rings. The van der Waals surface area contributed by atoms with Gasteiger partial charge in [-0.05, 0) is 80.1 Å². The van der Waals surface area contributed by atoms with Gasteiger partial charge in [-0.3, -0.25) is 19.4 Å². The van der Waals surface area contributed by atoms with E-state index in [1.165, 1.54) is 0 Å². The summed E-state index contributed by atoms with van der Waals surface area (Å²) in [4.78, 5) is 64.3. The molecule has 0 aliphatic carbocycles. The first-order chi connectivity index (χ1) is 23.7. The smallest absolute Gasteiger partial charge is 0.326 e. The third-order valence-corrected chi connectivity index (χ3v) is 9.67. The van der Waals surface area contributed by atoms with Crippen LogP contribution in [0.5, 0.6) is 0 Å². The van der Waals surface area contributed by atoms with E-state index in [-0.39, 0.29) is 31.1 Å². The first kappa shape index (κ1) is 35.5. The van der Waals surface area contributed by atoms with Gasteiger partial charge in [0.2, 0.25) is 5.91 Å². The van der Waals surface area contributed by atoms with Gasteiger partial charge in [0.25, 0.3) is 0 Å². The zero-order valence-electron chi connectivity index (χ0n) is 28.5. The minimum absolute atomic E-state index is 0.0436. The van der Waals surface area contributed by atoms with Gasteiger partial charge in [-0.1, -0.05) is 32.2 Å². The molecular formula is C38H41N5O7. The monoisotopic (exact) mass is 679 g/mol. The summed E-state index contributed by atoms with van der Waals surface area (Å²) in [5.74, 6) is -4.61. The van der Waals surface area contributed by atoms with E-state index >= 15 is 0 Å². The second-order valence-corrected chi connectivity index (χ2v) is 12.8. The summed E-state index contributed by atoms with van der Waals surface area (Å²) in [5, 5.41) is 30.4. The normalized spacial score (nSPS) is 16.2. The Morgan fingerprint density at radius 3 is 2.18 bits per heavy atom. The van der Waals surface area contributed by atoms with E-state index in [1.807, 2.05) is 52.0 Å². The van der Waals surface area contributed by atoms with Crippen molar-refractivity contribution < 1.29 is 34.5 Å². The predicted molar refractivity (Wildman–Crippen MR) is 191 cm³/mol. The van der Waals surface area contributed by atoms with Crippen LogP contribution < -0.4 is 5.32 Å². The van der Waals surface area contributed by atoms with Crippen LogP contribution in [0.4, 0.5) is 0 Å². The maximum atomic E-state index is 12.9. The number of aromatic nitrogens is 4. The zero-order chi connectivity index (χ0) is 36.4. The molecule has 2 unspecified atom stereocenters. The largest absolute Gasteiger partial charge is 0.481 e. The number of aromatic amines is 2. The molecule has 3 atom stereocenters. The number of nitrogens with zero attached hydrogens (tertiary/aromatic N) is 2. The van der Waals surface area contributed by atoms with Crippen LogP contribution in [-0.2, 0) is 25.6 Å². The summed E-state index contributed by atoms with van der Waals surface area (Å²) >= 11 is 0. The van der Waals surface area contributed by atoms with E-state index in [0.29, 0.717) is 17.6 Å². The number of aryl methyl sites for hydroxylation is 3. The van der Waals surface area contributed by atoms with Crippen LogP contribution in [0.1, 0.15) is 96.4 Å². The van der Waals surface area contributed by atoms with Crippen LogP contribution >= 0.6 is 0 Å². The molecule has 8 bridgehead atoms. The van der Waals surface area contributed by atoms with E-state index in [0.717, 1.165) is 67.0 Å². The highest BCUT2D eigenvalue weighted by atomic mass is 16.4. The molecule has 0 fully saturated rings. The first-order valence-electron chi connectivity index (χ1n) is 16.4. The van der Waals surface area contributed by atoms with Crippen molar-refractivity contribution in [2.24, 2.45) is 0 Å². The number of aliphatic carboxylic acids is 3. The highest BCUT2D eigenvalue weighted by Gasteiger charge is 2.30. The fourth-order valence-corrected chi connectivity index (χ4v) is 6.78. The van der Waals surface area contributed by atoms with E-state index in [2.05, 4.69) is 28.4 Å². The van der Waals surface area contributed by atoms with E-state index in [4.69, 9.17) is 15.1 Å². The summed E-state index contributed by atoms with van der Waals surface area (Å²) in [6.45, 7) is 16.0. The summed E-state index contributed by atoms with van der Waals surface area (Å²) in [6, 6.07) is 6.24. The molecule has 0 saturated heterocycles. The zero-order valence-corrected chi connectivity index (χ0v) is 28.5. The lowest BCUT2D eigenvalue weighted by molar-refractivity contribution is -0.147. The van der Waals surface area contributed by atoms with Gasteiger partial charge in [-0.15, -0.1) is 0 Å². The van der Waals surface area contributed by atoms with Crippen molar-refractivity contribution in [3.8, 4) is 0 Å². The standard InChI is InChI=1S/C38H41N5O7/c1-7-22-18(3)26-13-27-21(6)25(10-12-36(45)46)33(41-27)16-32-24(9-11-35(44)43-34(38(49)50)17-37(47)48)20(5)29(42-32)15-31-23(8-2)19(4)28(40-31)14-30(22)39-26/h7-8,13-16,21,25,34,40,42H,1-2,9-12,17H2,3-6H3,(H,43,44)(H,45,46)(H,47,48)(H,49,50)/t21?,25?,34-/m0/s1. The van der Waals surface area contributed by atoms with Gasteiger partial charge in [0.05, 0.1) is 17.8 Å². The van der Waals surface area contributed by atoms with Gasteiger partial charge in [0.1, 0.15) is 6.04 Å². The molecule has 0 saturated carbocycles. The van der Waals surface area contributed by atoms with Crippen LogP contribution in [0.2, 0.25) is 0 Å². The summed E-state index contributed by atoms with van der Waals surface area (Å²) in [5.41, 5.74) is 11.4. The van der Waals surface area contributed by atoms with Crippen molar-refractivity contribution in [2.45, 2.75) is 77.7 Å². The topological polar surface area (TPSA) is 198 Å². The number of nitrogens with one attached hydrogen (secondary N) is 3. The predicted octanol–water partition coefficient (Wildman–Crippen LogP) is 6.42. The number of rotatable bonds is 12. The Hall–Kier alpha value is -5.78. The summed E-state index contributed by atoms with van der Waals surface area (Å²) in [6.07, 6.45) is 3.25. The van der Waals surface area contributed by atoms with E-state index < -0.39 is 36.3 Å². The number of carboxylic acids is 3. The minimum Gasteiger partial charge on any atom is -0.481 e. The average Bonchev–Trinajstić information content (AvgIpc) is 3.71. The number of hydrogen-bond donors (Lipinski definition) is 6. The van der Waals surface area contributed by atoms with Crippen LogP contribution in [0.15, 0.2) is 43.5 Å². The summed E-state index contributed by atoms with van der Waals surface area (Å²) in [7, 11) is 0. The molecule has 2 aliphatic heterocycles. The number of amides is 1. The molecule has 0 radical (unpaired) electrons. The minimum atomic E-state index is -1.56. The van der Waals surface area contributed by atoms with Gasteiger partial charge in [0.15, 0.2) is 0 Å². The molecular weight excluding hydrogens is 638 g/mol. The van der Waals surface area contributed by atoms with Crippen molar-refractivity contribution in [2.75, 3.05) is 0 Å². The molecule has 12 heteroatoms. The molecule has 6 N–H and O–H groups in total. The first-order valence-corrected chi connectivity index (χ1v) is 16.4. The third-order valence-electron chi connectivity index (χ3n) is 9.67. The molecule has 1 amide bonds. The number of fused-ring (bicyclic) bond motifs is 8. The van der Waals surface area contributed by atoms with E-state index in [9.17, 15) is 29.4 Å². The fraction of sp³-hybridized carbons (Fsp3) is 0.316. The Labute approximate surface area is 288 Å². The lowest BCUT2D eigenvalue weighted by Crippen LogP contribution is -2.42. The number of carboxylic acid groups (broad SMARTS) is 3. The van der Waals surface area contributed by atoms with Crippen molar-refractivity contribution in [3.05, 3.63) is 88.5 Å². The second-order valence-electron chi connectivity index (χ2n) is 12.8. The quantitative estimate of drug-likeness (QED) is 0.125. The molecule has 3 aromatic rings. The van der Waals surface area contributed by atoms with Crippen LogP contribution in [-0.4, -0.2) is 65.1 Å². The van der Waals surface area contributed by atoms with Crippen LogP contribution in [0.25, 0.3) is 39.3 Å². The Balaban J connectivity index is 1.76. The van der Waals surface area contributed by atoms with Crippen molar-refractivity contribution in [3.63, 3.8) is 0 Å². The van der Waals surface area contributed by atoms with Crippen LogP contribution in [0, 0.1) is 13.8 Å². The third kappa shape index (κ3) is 7.14. The molecule has 0 aromatic carbocycles. The van der Waals surface area contributed by atoms with Gasteiger partial charge >= 0.3 is 17.9 Å². The maximum absolute atomic E-state index is 12.9. The molecule has 3 aromatic heterocycles. The van der Waals surface area contributed by atoms with Gasteiger partial charge in [0, 0.05) is 69.3 Å². The number of carbonyl (C=O) groups excluding carboxylic acids is 1. The van der Waals surface area contributed by atoms with Crippen LogP contribution in [0.3, 0.4) is 0 Å². The average molecular weight is 680 g/mol. The van der Waals surface area contributed by atoms with Gasteiger partial charge < -0.3 is 30.6 Å². The Morgan fingerprint density at radius 1 is 0.840 bits per heavy atom. The van der Waals surface area contributed by atoms with E-state index in [1.54, 1.807) is 12.2 Å². The Bertz CT molecular complexity index is 2140. The second kappa shape index (κ2) is 14.4. The molecule has 260 valence electrons. The highest BCUT2D eigenvalue weighted by molar-refractivity contribution is 5.97. The lowest BCUT2D eigenvalue weighted by Gasteiger charge is -2.15. The van der Waals surface area contributed by atoms with Crippen molar-refractivity contribution in [1.82, 2.24) is 25.3 Å². The SMILES string of the molecule is C=CC1=C(C)c2cc3nc(cc4[nH]c(cc5[nH]c(cc1n2)c(C)c5C=C)c(C)c4CCC(=O)N[C@@H](CC(=O)O)C(=O)O)C(CCC(=O)O)C3C. The molecule has 5 rings (SSSR count). The molecule has 5 heterocycles. The van der Waals surface area contributed by atoms with Crippen molar-refractivity contribution >= 4 is 63.1 Å². The number of allylic oxidation sites excluding steroid dienone is 3. The Morgan fingerprint density at radius 2 is 1.54 bits per heavy atom. The van der Waals surface area contributed by atoms with Gasteiger partial charge in [-0.2, -0.15) is 0 Å². The fourth-order valence-electron chi connectivity index (χ4n) is 6.78. The molecule has 0 spiro atoms. The van der Waals surface area contributed by atoms with Crippen molar-refractivity contribution in [1.29, 1.82) is 0 Å². The Kier molecular flexibility index (Phi) is 10.2.